The van der Waals surface area contributed by atoms with E-state index in [0.29, 0.717) is 5.82 Å². The molecule has 5 heteroatoms. The number of anilines is 2. The monoisotopic (exact) mass is 270 g/mol. The third-order valence-corrected chi connectivity index (χ3v) is 3.38. The smallest absolute Gasteiger partial charge is 0.142 e. The molecule has 0 unspecified atom stereocenters. The Balaban J connectivity index is 1.82. The Morgan fingerprint density at radius 1 is 1.25 bits per heavy atom. The first-order chi connectivity index (χ1) is 9.86. The Labute approximate surface area is 118 Å². The van der Waals surface area contributed by atoms with Crippen LogP contribution < -0.4 is 20.9 Å². The van der Waals surface area contributed by atoms with Gasteiger partial charge < -0.3 is 15.1 Å². The van der Waals surface area contributed by atoms with Crippen molar-refractivity contribution in [1.29, 1.82) is 0 Å². The topological polar surface area (TPSA) is 63.4 Å². The standard InChI is InChI=1S/C15H18N4O/c16-18-15-7-6-12(10-17-15)11-19-8-3-9-20-14-5-2-1-4-13(14)19/h1-2,4-7,10H,3,8-9,11,16H2,(H,17,18). The molecule has 2 heterocycles. The van der Waals surface area contributed by atoms with E-state index in [-0.39, 0.29) is 0 Å². The van der Waals surface area contributed by atoms with E-state index < -0.39 is 0 Å². The highest BCUT2D eigenvalue weighted by molar-refractivity contribution is 5.59. The number of hydrogen-bond acceptors (Lipinski definition) is 5. The van der Waals surface area contributed by atoms with E-state index in [0.717, 1.165) is 43.1 Å². The summed E-state index contributed by atoms with van der Waals surface area (Å²) in [5, 5.41) is 0. The highest BCUT2D eigenvalue weighted by atomic mass is 16.5. The Bertz CT molecular complexity index is 570. The van der Waals surface area contributed by atoms with Crippen molar-refractivity contribution in [3.63, 3.8) is 0 Å². The molecule has 3 N–H and O–H groups in total. The van der Waals surface area contributed by atoms with Crippen molar-refractivity contribution in [1.82, 2.24) is 4.98 Å². The number of fused-ring (bicyclic) bond motifs is 1. The predicted octanol–water partition coefficient (Wildman–Crippen LogP) is 2.16. The number of ether oxygens (including phenoxy) is 1. The first-order valence-corrected chi connectivity index (χ1v) is 6.75. The molecule has 1 aliphatic rings. The zero-order chi connectivity index (χ0) is 13.8. The number of nitrogens with two attached hydrogens (primary N) is 1. The number of hydrogen-bond donors (Lipinski definition) is 2. The molecule has 0 atom stereocenters. The van der Waals surface area contributed by atoms with Crippen LogP contribution in [-0.4, -0.2) is 18.1 Å². The van der Waals surface area contributed by atoms with Crippen LogP contribution in [0.25, 0.3) is 0 Å². The number of benzene rings is 1. The molecule has 2 aromatic rings. The van der Waals surface area contributed by atoms with E-state index in [4.69, 9.17) is 10.6 Å². The zero-order valence-electron chi connectivity index (χ0n) is 11.2. The second kappa shape index (κ2) is 5.79. The van der Waals surface area contributed by atoms with Crippen molar-refractivity contribution in [3.8, 4) is 5.75 Å². The number of nitrogen functional groups attached to an aromatic ring is 1. The number of para-hydroxylation sites is 2. The van der Waals surface area contributed by atoms with Gasteiger partial charge in [0.2, 0.25) is 0 Å². The van der Waals surface area contributed by atoms with Crippen molar-refractivity contribution >= 4 is 11.5 Å². The van der Waals surface area contributed by atoms with Crippen LogP contribution >= 0.6 is 0 Å². The van der Waals surface area contributed by atoms with Crippen LogP contribution in [0.3, 0.4) is 0 Å². The van der Waals surface area contributed by atoms with Crippen molar-refractivity contribution < 1.29 is 4.74 Å². The molecule has 0 amide bonds. The summed E-state index contributed by atoms with van der Waals surface area (Å²) in [6, 6.07) is 12.1. The molecule has 0 fully saturated rings. The number of aromatic nitrogens is 1. The number of nitrogens with one attached hydrogen (secondary N) is 1. The lowest BCUT2D eigenvalue weighted by Gasteiger charge is -2.23. The fourth-order valence-corrected chi connectivity index (χ4v) is 2.39. The Kier molecular flexibility index (Phi) is 3.69. The first kappa shape index (κ1) is 12.7. The fraction of sp³-hybridized carbons (Fsp3) is 0.267. The van der Waals surface area contributed by atoms with Crippen LogP contribution in [0.2, 0.25) is 0 Å². The Morgan fingerprint density at radius 2 is 2.15 bits per heavy atom. The highest BCUT2D eigenvalue weighted by Crippen LogP contribution is 2.31. The van der Waals surface area contributed by atoms with Crippen molar-refractivity contribution in [3.05, 3.63) is 48.2 Å². The average Bonchev–Trinajstić information content (AvgIpc) is 2.71. The SMILES string of the molecule is NNc1ccc(CN2CCCOc3ccccc32)cn1. The van der Waals surface area contributed by atoms with E-state index in [2.05, 4.69) is 21.4 Å². The molecule has 0 radical (unpaired) electrons. The third-order valence-electron chi connectivity index (χ3n) is 3.38. The molecule has 0 spiro atoms. The molecule has 104 valence electrons. The van der Waals surface area contributed by atoms with Crippen LogP contribution in [0.5, 0.6) is 5.75 Å². The molecule has 0 bridgehead atoms. The lowest BCUT2D eigenvalue weighted by atomic mass is 10.2. The molecular weight excluding hydrogens is 252 g/mol. The van der Waals surface area contributed by atoms with Gasteiger partial charge in [-0.1, -0.05) is 18.2 Å². The number of pyridine rings is 1. The molecule has 0 aliphatic carbocycles. The Hall–Kier alpha value is -2.27. The van der Waals surface area contributed by atoms with Crippen LogP contribution in [-0.2, 0) is 6.54 Å². The summed E-state index contributed by atoms with van der Waals surface area (Å²) in [6.45, 7) is 2.56. The van der Waals surface area contributed by atoms with Crippen LogP contribution in [0.15, 0.2) is 42.6 Å². The summed E-state index contributed by atoms with van der Waals surface area (Å²) in [6.07, 6.45) is 2.87. The number of hydrazine groups is 1. The lowest BCUT2D eigenvalue weighted by molar-refractivity contribution is 0.322. The first-order valence-electron chi connectivity index (χ1n) is 6.75. The summed E-state index contributed by atoms with van der Waals surface area (Å²) >= 11 is 0. The maximum Gasteiger partial charge on any atom is 0.142 e. The molecule has 0 saturated heterocycles. The van der Waals surface area contributed by atoms with Gasteiger partial charge in [0, 0.05) is 19.3 Å². The maximum atomic E-state index is 5.77. The van der Waals surface area contributed by atoms with E-state index in [1.165, 1.54) is 0 Å². The van der Waals surface area contributed by atoms with E-state index >= 15 is 0 Å². The van der Waals surface area contributed by atoms with Crippen molar-refractivity contribution in [2.24, 2.45) is 5.84 Å². The largest absolute Gasteiger partial charge is 0.491 e. The minimum absolute atomic E-state index is 0.674. The average molecular weight is 270 g/mol. The quantitative estimate of drug-likeness (QED) is 0.661. The molecule has 20 heavy (non-hydrogen) atoms. The van der Waals surface area contributed by atoms with Crippen LogP contribution in [0.1, 0.15) is 12.0 Å². The van der Waals surface area contributed by atoms with Gasteiger partial charge in [-0.05, 0) is 30.2 Å². The van der Waals surface area contributed by atoms with Gasteiger partial charge in [0.1, 0.15) is 11.6 Å². The second-order valence-corrected chi connectivity index (χ2v) is 4.79. The van der Waals surface area contributed by atoms with Gasteiger partial charge in [-0.3, -0.25) is 0 Å². The van der Waals surface area contributed by atoms with Crippen LogP contribution in [0, 0.1) is 0 Å². The molecule has 1 aromatic heterocycles. The van der Waals surface area contributed by atoms with Gasteiger partial charge in [-0.25, -0.2) is 10.8 Å². The normalized spacial score (nSPS) is 14.2. The van der Waals surface area contributed by atoms with Crippen molar-refractivity contribution in [2.45, 2.75) is 13.0 Å². The van der Waals surface area contributed by atoms with E-state index in [1.807, 2.05) is 36.5 Å². The minimum atomic E-state index is 0.674. The predicted molar refractivity (Wildman–Crippen MR) is 79.7 cm³/mol. The third kappa shape index (κ3) is 2.67. The number of nitrogens with zero attached hydrogens (tertiary/aromatic N) is 2. The summed E-state index contributed by atoms with van der Waals surface area (Å²) < 4.78 is 5.77. The summed E-state index contributed by atoms with van der Waals surface area (Å²) in [5.74, 6) is 6.96. The zero-order valence-corrected chi connectivity index (χ0v) is 11.2. The van der Waals surface area contributed by atoms with Crippen molar-refractivity contribution in [2.75, 3.05) is 23.5 Å². The fourth-order valence-electron chi connectivity index (χ4n) is 2.39. The molecule has 3 rings (SSSR count). The van der Waals surface area contributed by atoms with Crippen LogP contribution in [0.4, 0.5) is 11.5 Å². The summed E-state index contributed by atoms with van der Waals surface area (Å²) in [5.41, 5.74) is 4.84. The van der Waals surface area contributed by atoms with Gasteiger partial charge in [-0.15, -0.1) is 0 Å². The molecular formula is C15H18N4O. The second-order valence-electron chi connectivity index (χ2n) is 4.79. The molecule has 5 nitrogen and oxygen atoms in total. The molecule has 1 aliphatic heterocycles. The Morgan fingerprint density at radius 3 is 2.95 bits per heavy atom. The lowest BCUT2D eigenvalue weighted by Crippen LogP contribution is -2.23. The molecule has 0 saturated carbocycles. The summed E-state index contributed by atoms with van der Waals surface area (Å²) in [4.78, 5) is 6.58. The summed E-state index contributed by atoms with van der Waals surface area (Å²) in [7, 11) is 0. The highest BCUT2D eigenvalue weighted by Gasteiger charge is 2.15. The van der Waals surface area contributed by atoms with Gasteiger partial charge in [-0.2, -0.15) is 0 Å². The van der Waals surface area contributed by atoms with E-state index in [9.17, 15) is 0 Å². The van der Waals surface area contributed by atoms with Gasteiger partial charge in [0.05, 0.1) is 12.3 Å². The minimum Gasteiger partial charge on any atom is -0.491 e. The van der Waals surface area contributed by atoms with Gasteiger partial charge in [0.15, 0.2) is 0 Å². The van der Waals surface area contributed by atoms with Gasteiger partial charge in [0.25, 0.3) is 0 Å². The number of rotatable bonds is 3. The molecule has 1 aromatic carbocycles. The van der Waals surface area contributed by atoms with Gasteiger partial charge >= 0.3 is 0 Å². The van der Waals surface area contributed by atoms with E-state index in [1.54, 1.807) is 0 Å². The maximum absolute atomic E-state index is 5.77.